The molecule has 0 saturated heterocycles. The van der Waals surface area contributed by atoms with E-state index in [1.165, 1.54) is 18.4 Å². The zero-order valence-electron chi connectivity index (χ0n) is 10.6. The van der Waals surface area contributed by atoms with Gasteiger partial charge in [-0.25, -0.2) is 9.97 Å². The van der Waals surface area contributed by atoms with Crippen LogP contribution in [-0.4, -0.2) is 16.0 Å². The summed E-state index contributed by atoms with van der Waals surface area (Å²) in [4.78, 5) is 8.60. The molecule has 2 aromatic rings. The molecule has 3 rings (SSSR count). The summed E-state index contributed by atoms with van der Waals surface area (Å²) in [7, 11) is 0. The van der Waals surface area contributed by atoms with Gasteiger partial charge in [0.15, 0.2) is 0 Å². The van der Waals surface area contributed by atoms with Gasteiger partial charge in [0.25, 0.3) is 0 Å². The molecule has 18 heavy (non-hydrogen) atoms. The van der Waals surface area contributed by atoms with Crippen LogP contribution in [0.2, 0.25) is 0 Å². The number of aryl methyl sites for hydroxylation is 1. The lowest BCUT2D eigenvalue weighted by atomic mass is 10.1. The van der Waals surface area contributed by atoms with Gasteiger partial charge in [-0.15, -0.1) is 0 Å². The van der Waals surface area contributed by atoms with Crippen molar-refractivity contribution in [3.8, 4) is 11.3 Å². The highest BCUT2D eigenvalue weighted by molar-refractivity contribution is 5.62. The van der Waals surface area contributed by atoms with Crippen molar-refractivity contribution in [3.63, 3.8) is 0 Å². The van der Waals surface area contributed by atoms with E-state index < -0.39 is 0 Å². The van der Waals surface area contributed by atoms with Crippen LogP contribution in [0.1, 0.15) is 25.3 Å². The molecular weight excluding hydrogens is 222 g/mol. The van der Waals surface area contributed by atoms with Crippen LogP contribution < -0.4 is 5.32 Å². The molecule has 0 unspecified atom stereocenters. The third kappa shape index (κ3) is 2.50. The van der Waals surface area contributed by atoms with Gasteiger partial charge in [-0.1, -0.05) is 31.2 Å². The third-order valence-electron chi connectivity index (χ3n) is 3.25. The van der Waals surface area contributed by atoms with Gasteiger partial charge in [-0.2, -0.15) is 0 Å². The number of benzene rings is 1. The summed E-state index contributed by atoms with van der Waals surface area (Å²) in [6, 6.07) is 11.2. The molecule has 0 radical (unpaired) electrons. The summed E-state index contributed by atoms with van der Waals surface area (Å²) in [5.41, 5.74) is 3.48. The second kappa shape index (κ2) is 4.77. The van der Waals surface area contributed by atoms with Gasteiger partial charge in [0.2, 0.25) is 0 Å². The van der Waals surface area contributed by atoms with Crippen molar-refractivity contribution < 1.29 is 0 Å². The molecule has 92 valence electrons. The number of nitrogens with zero attached hydrogens (tertiary/aromatic N) is 2. The number of anilines is 1. The Morgan fingerprint density at radius 2 is 1.94 bits per heavy atom. The predicted molar refractivity (Wildman–Crippen MR) is 73.5 cm³/mol. The number of hydrogen-bond acceptors (Lipinski definition) is 3. The molecule has 0 bridgehead atoms. The summed E-state index contributed by atoms with van der Waals surface area (Å²) in [5, 5.41) is 3.40. The monoisotopic (exact) mass is 239 g/mol. The summed E-state index contributed by atoms with van der Waals surface area (Å²) < 4.78 is 0. The number of rotatable bonds is 4. The maximum atomic E-state index is 4.34. The van der Waals surface area contributed by atoms with E-state index >= 15 is 0 Å². The lowest BCUT2D eigenvalue weighted by Crippen LogP contribution is -2.03. The highest BCUT2D eigenvalue weighted by Gasteiger charge is 2.21. The SMILES string of the molecule is CCc1ccc(-c2cc(NC3CC3)ncn2)cc1. The normalized spacial score (nSPS) is 14.5. The minimum atomic E-state index is 0.621. The van der Waals surface area contributed by atoms with Gasteiger partial charge < -0.3 is 5.32 Å². The average Bonchev–Trinajstić information content (AvgIpc) is 3.23. The highest BCUT2D eigenvalue weighted by atomic mass is 15.1. The second-order valence-electron chi connectivity index (χ2n) is 4.76. The van der Waals surface area contributed by atoms with Crippen LogP contribution in [0.4, 0.5) is 5.82 Å². The molecule has 1 N–H and O–H groups in total. The van der Waals surface area contributed by atoms with Crippen molar-refractivity contribution in [2.24, 2.45) is 0 Å². The van der Waals surface area contributed by atoms with E-state index in [0.717, 1.165) is 23.5 Å². The van der Waals surface area contributed by atoms with Crippen LogP contribution in [0, 0.1) is 0 Å². The first-order valence-corrected chi connectivity index (χ1v) is 6.53. The molecule has 1 aromatic heterocycles. The first-order chi connectivity index (χ1) is 8.85. The molecule has 0 atom stereocenters. The maximum absolute atomic E-state index is 4.34. The molecule has 3 heteroatoms. The Bertz CT molecular complexity index is 530. The lowest BCUT2D eigenvalue weighted by molar-refractivity contribution is 1.08. The fourth-order valence-electron chi connectivity index (χ4n) is 1.94. The Morgan fingerprint density at radius 3 is 2.61 bits per heavy atom. The van der Waals surface area contributed by atoms with Crippen molar-refractivity contribution in [2.75, 3.05) is 5.32 Å². The molecule has 1 aliphatic carbocycles. The van der Waals surface area contributed by atoms with Crippen LogP contribution in [0.3, 0.4) is 0 Å². The molecule has 0 aliphatic heterocycles. The molecule has 1 saturated carbocycles. The Hall–Kier alpha value is -1.90. The van der Waals surface area contributed by atoms with Crippen LogP contribution in [0.25, 0.3) is 11.3 Å². The van der Waals surface area contributed by atoms with E-state index in [1.807, 2.05) is 6.07 Å². The first kappa shape index (κ1) is 11.2. The van der Waals surface area contributed by atoms with Crippen molar-refractivity contribution in [3.05, 3.63) is 42.2 Å². The zero-order valence-corrected chi connectivity index (χ0v) is 10.6. The topological polar surface area (TPSA) is 37.8 Å². The summed E-state index contributed by atoms with van der Waals surface area (Å²) in [6.07, 6.45) is 5.21. The molecule has 1 heterocycles. The fourth-order valence-corrected chi connectivity index (χ4v) is 1.94. The molecule has 1 aliphatic rings. The largest absolute Gasteiger partial charge is 0.367 e. The summed E-state index contributed by atoms with van der Waals surface area (Å²) in [6.45, 7) is 2.16. The smallest absolute Gasteiger partial charge is 0.130 e. The summed E-state index contributed by atoms with van der Waals surface area (Å²) in [5.74, 6) is 0.932. The van der Waals surface area contributed by atoms with Crippen LogP contribution in [-0.2, 0) is 6.42 Å². The van der Waals surface area contributed by atoms with Crippen LogP contribution in [0.5, 0.6) is 0 Å². The second-order valence-corrected chi connectivity index (χ2v) is 4.76. The van der Waals surface area contributed by atoms with Gasteiger partial charge in [-0.3, -0.25) is 0 Å². The van der Waals surface area contributed by atoms with Crippen molar-refractivity contribution in [1.82, 2.24) is 9.97 Å². The van der Waals surface area contributed by atoms with Gasteiger partial charge in [-0.05, 0) is 24.8 Å². The number of nitrogens with one attached hydrogen (secondary N) is 1. The molecule has 1 aromatic carbocycles. The molecule has 0 spiro atoms. The molecule has 1 fully saturated rings. The van der Waals surface area contributed by atoms with E-state index in [-0.39, 0.29) is 0 Å². The van der Waals surface area contributed by atoms with E-state index in [9.17, 15) is 0 Å². The summed E-state index contributed by atoms with van der Waals surface area (Å²) >= 11 is 0. The van der Waals surface area contributed by atoms with E-state index in [0.29, 0.717) is 6.04 Å². The Morgan fingerprint density at radius 1 is 1.17 bits per heavy atom. The van der Waals surface area contributed by atoms with E-state index in [2.05, 4.69) is 46.5 Å². The quantitative estimate of drug-likeness (QED) is 0.889. The average molecular weight is 239 g/mol. The minimum absolute atomic E-state index is 0.621. The van der Waals surface area contributed by atoms with E-state index in [1.54, 1.807) is 6.33 Å². The number of hydrogen-bond donors (Lipinski definition) is 1. The van der Waals surface area contributed by atoms with Gasteiger partial charge in [0, 0.05) is 17.7 Å². The maximum Gasteiger partial charge on any atom is 0.130 e. The standard InChI is InChI=1S/C15H17N3/c1-2-11-3-5-12(6-4-11)14-9-15(17-10-16-14)18-13-7-8-13/h3-6,9-10,13H,2,7-8H2,1H3,(H,16,17,18). The van der Waals surface area contributed by atoms with Crippen LogP contribution in [0.15, 0.2) is 36.7 Å². The predicted octanol–water partition coefficient (Wildman–Crippen LogP) is 3.28. The van der Waals surface area contributed by atoms with Crippen molar-refractivity contribution in [2.45, 2.75) is 32.2 Å². The minimum Gasteiger partial charge on any atom is -0.367 e. The lowest BCUT2D eigenvalue weighted by Gasteiger charge is -2.06. The molecule has 0 amide bonds. The van der Waals surface area contributed by atoms with Crippen molar-refractivity contribution >= 4 is 5.82 Å². The first-order valence-electron chi connectivity index (χ1n) is 6.53. The fraction of sp³-hybridized carbons (Fsp3) is 0.333. The molecule has 3 nitrogen and oxygen atoms in total. The van der Waals surface area contributed by atoms with Crippen LogP contribution >= 0.6 is 0 Å². The van der Waals surface area contributed by atoms with Gasteiger partial charge in [0.1, 0.15) is 12.1 Å². The molecular formula is C15H17N3. The Labute approximate surface area is 107 Å². The van der Waals surface area contributed by atoms with Crippen molar-refractivity contribution in [1.29, 1.82) is 0 Å². The van der Waals surface area contributed by atoms with E-state index in [4.69, 9.17) is 0 Å². The van der Waals surface area contributed by atoms with Gasteiger partial charge in [0.05, 0.1) is 5.69 Å². The third-order valence-corrected chi connectivity index (χ3v) is 3.25. The zero-order chi connectivity index (χ0) is 12.4. The number of aromatic nitrogens is 2. The Balaban J connectivity index is 1.84. The highest BCUT2D eigenvalue weighted by Crippen LogP contribution is 2.25. The van der Waals surface area contributed by atoms with Gasteiger partial charge >= 0.3 is 0 Å². The Kier molecular flexibility index (Phi) is 2.97.